The van der Waals surface area contributed by atoms with E-state index >= 15 is 0 Å². The zero-order valence-electron chi connectivity index (χ0n) is 6.89. The summed E-state index contributed by atoms with van der Waals surface area (Å²) >= 11 is 0. The minimum absolute atomic E-state index is 0.225. The summed E-state index contributed by atoms with van der Waals surface area (Å²) in [5, 5.41) is 0. The molecule has 0 amide bonds. The molecule has 1 atom stereocenters. The molecule has 1 unspecified atom stereocenters. The van der Waals surface area contributed by atoms with E-state index in [1.807, 2.05) is 6.92 Å². The summed E-state index contributed by atoms with van der Waals surface area (Å²) in [5.74, 6) is 0.542. The molecule has 0 aromatic rings. The number of hydrogen-bond donors (Lipinski definition) is 0. The van der Waals surface area contributed by atoms with Gasteiger partial charge in [0.1, 0.15) is 5.78 Å². The summed E-state index contributed by atoms with van der Waals surface area (Å²) in [4.78, 5) is 11.1. The van der Waals surface area contributed by atoms with Crippen molar-refractivity contribution in [3.05, 3.63) is 12.7 Å². The first kappa shape index (κ1) is 9.41. The first-order valence-corrected chi connectivity index (χ1v) is 3.86. The number of rotatable bonds is 5. The molecule has 0 spiro atoms. The van der Waals surface area contributed by atoms with E-state index in [1.165, 1.54) is 0 Å². The Morgan fingerprint density at radius 3 is 2.70 bits per heavy atom. The molecule has 0 fully saturated rings. The lowest BCUT2D eigenvalue weighted by Crippen LogP contribution is -2.08. The van der Waals surface area contributed by atoms with Crippen molar-refractivity contribution in [3.8, 4) is 0 Å². The lowest BCUT2D eigenvalue weighted by molar-refractivity contribution is -0.121. The number of ketones is 1. The molecule has 0 aromatic carbocycles. The maximum absolute atomic E-state index is 11.1. The average Bonchev–Trinajstić information content (AvgIpc) is 1.89. The van der Waals surface area contributed by atoms with Crippen molar-refractivity contribution in [3.63, 3.8) is 0 Å². The Balaban J connectivity index is 3.58. The van der Waals surface area contributed by atoms with Crippen LogP contribution >= 0.6 is 0 Å². The molecule has 0 radical (unpaired) electrons. The number of carbonyl (C=O) groups is 1. The van der Waals surface area contributed by atoms with Crippen molar-refractivity contribution < 1.29 is 4.79 Å². The highest BCUT2D eigenvalue weighted by Gasteiger charge is 2.08. The monoisotopic (exact) mass is 140 g/mol. The summed E-state index contributed by atoms with van der Waals surface area (Å²) in [6, 6.07) is 0. The van der Waals surface area contributed by atoms with Crippen molar-refractivity contribution >= 4 is 5.78 Å². The van der Waals surface area contributed by atoms with E-state index < -0.39 is 0 Å². The van der Waals surface area contributed by atoms with Crippen LogP contribution in [0.3, 0.4) is 0 Å². The van der Waals surface area contributed by atoms with Gasteiger partial charge in [-0.3, -0.25) is 4.79 Å². The van der Waals surface area contributed by atoms with Crippen LogP contribution in [0.4, 0.5) is 0 Å². The van der Waals surface area contributed by atoms with Crippen LogP contribution in [-0.2, 0) is 4.79 Å². The third kappa shape index (κ3) is 3.44. The van der Waals surface area contributed by atoms with Gasteiger partial charge in [-0.05, 0) is 6.42 Å². The van der Waals surface area contributed by atoms with Crippen LogP contribution in [0, 0.1) is 5.92 Å². The van der Waals surface area contributed by atoms with E-state index in [0.717, 1.165) is 12.8 Å². The average molecular weight is 140 g/mol. The molecule has 0 saturated heterocycles. The molecule has 0 aliphatic carbocycles. The Labute approximate surface area is 63.1 Å². The fourth-order valence-electron chi connectivity index (χ4n) is 0.937. The van der Waals surface area contributed by atoms with Gasteiger partial charge in [0, 0.05) is 12.3 Å². The summed E-state index contributed by atoms with van der Waals surface area (Å²) < 4.78 is 0. The maximum atomic E-state index is 11.1. The third-order valence-corrected chi connectivity index (χ3v) is 1.62. The maximum Gasteiger partial charge on any atom is 0.139 e. The lowest BCUT2D eigenvalue weighted by atomic mass is 9.99. The Morgan fingerprint density at radius 1 is 1.70 bits per heavy atom. The predicted molar refractivity (Wildman–Crippen MR) is 43.9 cm³/mol. The second-order valence-electron chi connectivity index (χ2n) is 2.65. The molecule has 1 heteroatoms. The van der Waals surface area contributed by atoms with E-state index in [9.17, 15) is 4.79 Å². The third-order valence-electron chi connectivity index (χ3n) is 1.62. The van der Waals surface area contributed by atoms with E-state index in [1.54, 1.807) is 6.08 Å². The van der Waals surface area contributed by atoms with Crippen molar-refractivity contribution in [2.75, 3.05) is 0 Å². The van der Waals surface area contributed by atoms with Crippen LogP contribution in [0.1, 0.15) is 33.1 Å². The van der Waals surface area contributed by atoms with Gasteiger partial charge in [-0.25, -0.2) is 0 Å². The van der Waals surface area contributed by atoms with Crippen LogP contribution < -0.4 is 0 Å². The summed E-state index contributed by atoms with van der Waals surface area (Å²) in [6.07, 6.45) is 4.30. The van der Waals surface area contributed by atoms with Gasteiger partial charge in [-0.2, -0.15) is 0 Å². The molecule has 0 aliphatic rings. The molecule has 0 rings (SSSR count). The van der Waals surface area contributed by atoms with Gasteiger partial charge in [0.2, 0.25) is 0 Å². The Hall–Kier alpha value is -0.590. The van der Waals surface area contributed by atoms with Crippen LogP contribution in [-0.4, -0.2) is 5.78 Å². The van der Waals surface area contributed by atoms with Crippen LogP contribution in [0.5, 0.6) is 0 Å². The van der Waals surface area contributed by atoms with Crippen molar-refractivity contribution in [2.24, 2.45) is 5.92 Å². The topological polar surface area (TPSA) is 17.1 Å². The zero-order chi connectivity index (χ0) is 7.98. The highest BCUT2D eigenvalue weighted by atomic mass is 16.1. The normalized spacial score (nSPS) is 12.6. The van der Waals surface area contributed by atoms with Gasteiger partial charge in [0.25, 0.3) is 0 Å². The smallest absolute Gasteiger partial charge is 0.139 e. The molecule has 0 heterocycles. The number of allylic oxidation sites excluding steroid dienone is 1. The van der Waals surface area contributed by atoms with Crippen LogP contribution in [0.2, 0.25) is 0 Å². The van der Waals surface area contributed by atoms with Crippen molar-refractivity contribution in [2.45, 2.75) is 33.1 Å². The molecule has 58 valence electrons. The minimum Gasteiger partial charge on any atom is -0.299 e. The second kappa shape index (κ2) is 5.21. The van der Waals surface area contributed by atoms with E-state index in [4.69, 9.17) is 0 Å². The molecular weight excluding hydrogens is 124 g/mol. The first-order valence-electron chi connectivity index (χ1n) is 3.86. The standard InChI is InChI=1S/C9H16O/c1-4-6-8(3)9(10)7-5-2/h5,8H,2,4,6-7H2,1,3H3. The first-order chi connectivity index (χ1) is 4.72. The Morgan fingerprint density at radius 2 is 2.30 bits per heavy atom. The van der Waals surface area contributed by atoms with Gasteiger partial charge in [0.15, 0.2) is 0 Å². The summed E-state index contributed by atoms with van der Waals surface area (Å²) in [6.45, 7) is 7.60. The summed E-state index contributed by atoms with van der Waals surface area (Å²) in [5.41, 5.74) is 0. The van der Waals surface area contributed by atoms with Gasteiger partial charge in [0.05, 0.1) is 0 Å². The minimum atomic E-state index is 0.225. The fraction of sp³-hybridized carbons (Fsp3) is 0.667. The van der Waals surface area contributed by atoms with Gasteiger partial charge in [-0.1, -0.05) is 26.3 Å². The van der Waals surface area contributed by atoms with Gasteiger partial charge < -0.3 is 0 Å². The molecule has 1 nitrogen and oxygen atoms in total. The molecular formula is C9H16O. The highest BCUT2D eigenvalue weighted by molar-refractivity contribution is 5.81. The Bertz CT molecular complexity index is 116. The number of carbonyl (C=O) groups excluding carboxylic acids is 1. The van der Waals surface area contributed by atoms with E-state index in [0.29, 0.717) is 12.2 Å². The lowest BCUT2D eigenvalue weighted by Gasteiger charge is -2.05. The molecule has 0 aromatic heterocycles. The quantitative estimate of drug-likeness (QED) is 0.536. The number of hydrogen-bond acceptors (Lipinski definition) is 1. The molecule has 0 aliphatic heterocycles. The predicted octanol–water partition coefficient (Wildman–Crippen LogP) is 2.57. The second-order valence-corrected chi connectivity index (χ2v) is 2.65. The SMILES string of the molecule is C=CCC(=O)C(C)CCC. The molecule has 0 bridgehead atoms. The van der Waals surface area contributed by atoms with Crippen LogP contribution in [0.15, 0.2) is 12.7 Å². The Kier molecular flexibility index (Phi) is 4.91. The summed E-state index contributed by atoms with van der Waals surface area (Å²) in [7, 11) is 0. The van der Waals surface area contributed by atoms with Gasteiger partial charge in [-0.15, -0.1) is 6.58 Å². The molecule has 0 saturated carbocycles. The zero-order valence-corrected chi connectivity index (χ0v) is 6.89. The molecule has 10 heavy (non-hydrogen) atoms. The fourth-order valence-corrected chi connectivity index (χ4v) is 0.937. The van der Waals surface area contributed by atoms with E-state index in [-0.39, 0.29) is 5.92 Å². The van der Waals surface area contributed by atoms with Crippen LogP contribution in [0.25, 0.3) is 0 Å². The van der Waals surface area contributed by atoms with Gasteiger partial charge >= 0.3 is 0 Å². The van der Waals surface area contributed by atoms with Crippen molar-refractivity contribution in [1.82, 2.24) is 0 Å². The van der Waals surface area contributed by atoms with E-state index in [2.05, 4.69) is 13.5 Å². The molecule has 0 N–H and O–H groups in total. The number of Topliss-reactive ketones (excluding diaryl/α,β-unsaturated/α-hetero) is 1. The van der Waals surface area contributed by atoms with Crippen molar-refractivity contribution in [1.29, 1.82) is 0 Å². The highest BCUT2D eigenvalue weighted by Crippen LogP contribution is 2.08. The largest absolute Gasteiger partial charge is 0.299 e.